The first-order valence-electron chi connectivity index (χ1n) is 6.68. The number of pyridine rings is 1. The lowest BCUT2D eigenvalue weighted by atomic mass is 10.2. The number of carbonyl (C=O) groups excluding carboxylic acids is 1. The number of amides is 1. The van der Waals surface area contributed by atoms with Crippen molar-refractivity contribution in [3.8, 4) is 0 Å². The lowest BCUT2D eigenvalue weighted by Crippen LogP contribution is -2.18. The summed E-state index contributed by atoms with van der Waals surface area (Å²) >= 11 is 3.42. The highest BCUT2D eigenvalue weighted by Gasteiger charge is 2.06. The molecule has 0 unspecified atom stereocenters. The van der Waals surface area contributed by atoms with Crippen molar-refractivity contribution in [3.05, 3.63) is 76.4 Å². The van der Waals surface area contributed by atoms with Crippen LogP contribution in [0.4, 0.5) is 0 Å². The molecule has 3 aromatic rings. The van der Waals surface area contributed by atoms with Crippen LogP contribution in [0.3, 0.4) is 0 Å². The maximum atomic E-state index is 12.1. The fraction of sp³-hybridized carbons (Fsp3) is 0. The number of para-hydroxylation sites is 1. The van der Waals surface area contributed by atoms with Gasteiger partial charge in [-0.25, -0.2) is 10.4 Å². The molecule has 0 aliphatic heterocycles. The van der Waals surface area contributed by atoms with E-state index >= 15 is 0 Å². The summed E-state index contributed by atoms with van der Waals surface area (Å²) in [5.41, 5.74) is 4.49. The van der Waals surface area contributed by atoms with Gasteiger partial charge in [0.1, 0.15) is 5.69 Å². The van der Waals surface area contributed by atoms with E-state index in [1.165, 1.54) is 0 Å². The Bertz CT molecular complexity index is 861. The smallest absolute Gasteiger partial charge is 0.266 e. The van der Waals surface area contributed by atoms with Gasteiger partial charge in [0.05, 0.1) is 11.7 Å². The van der Waals surface area contributed by atoms with Gasteiger partial charge >= 0.3 is 0 Å². The third-order valence-electron chi connectivity index (χ3n) is 3.11. The second-order valence-corrected chi connectivity index (χ2v) is 5.46. The molecule has 108 valence electrons. The van der Waals surface area contributed by atoms with Crippen LogP contribution in [0.1, 0.15) is 16.1 Å². The van der Waals surface area contributed by atoms with E-state index in [2.05, 4.69) is 31.4 Å². The van der Waals surface area contributed by atoms with Crippen LogP contribution in [-0.4, -0.2) is 17.1 Å². The molecular weight excluding hydrogens is 342 g/mol. The number of rotatable bonds is 3. The average molecular weight is 354 g/mol. The van der Waals surface area contributed by atoms with E-state index in [9.17, 15) is 4.79 Å². The Labute approximate surface area is 136 Å². The van der Waals surface area contributed by atoms with E-state index in [1.54, 1.807) is 12.3 Å². The van der Waals surface area contributed by atoms with Gasteiger partial charge in [0, 0.05) is 15.4 Å². The van der Waals surface area contributed by atoms with Crippen molar-refractivity contribution in [1.82, 2.24) is 10.4 Å². The SMILES string of the molecule is O=C(NN=Cc1ccccc1Br)c1ccc2ccccc2n1. The molecule has 0 spiro atoms. The fourth-order valence-electron chi connectivity index (χ4n) is 1.99. The van der Waals surface area contributed by atoms with Gasteiger partial charge in [-0.2, -0.15) is 5.10 Å². The third-order valence-corrected chi connectivity index (χ3v) is 3.83. The molecule has 3 rings (SSSR count). The van der Waals surface area contributed by atoms with Crippen molar-refractivity contribution < 1.29 is 4.79 Å². The van der Waals surface area contributed by atoms with Crippen LogP contribution in [0.15, 0.2) is 70.2 Å². The average Bonchev–Trinajstić information content (AvgIpc) is 2.56. The summed E-state index contributed by atoms with van der Waals surface area (Å²) in [4.78, 5) is 16.4. The van der Waals surface area contributed by atoms with Gasteiger partial charge in [0.25, 0.3) is 5.91 Å². The van der Waals surface area contributed by atoms with E-state index in [0.29, 0.717) is 5.69 Å². The molecule has 1 heterocycles. The van der Waals surface area contributed by atoms with Crippen molar-refractivity contribution in [2.75, 3.05) is 0 Å². The second-order valence-electron chi connectivity index (χ2n) is 4.61. The number of nitrogens with one attached hydrogen (secondary N) is 1. The maximum absolute atomic E-state index is 12.1. The minimum absolute atomic E-state index is 0.336. The van der Waals surface area contributed by atoms with E-state index < -0.39 is 0 Å². The Hall–Kier alpha value is -2.53. The molecule has 0 aliphatic rings. The molecule has 0 aliphatic carbocycles. The van der Waals surface area contributed by atoms with Crippen molar-refractivity contribution >= 4 is 39.0 Å². The van der Waals surface area contributed by atoms with Crippen molar-refractivity contribution in [2.45, 2.75) is 0 Å². The van der Waals surface area contributed by atoms with Crippen molar-refractivity contribution in [3.63, 3.8) is 0 Å². The standard InChI is InChI=1S/C17H12BrN3O/c18-14-7-3-1-6-13(14)11-19-21-17(22)16-10-9-12-5-2-4-8-15(12)20-16/h1-11H,(H,21,22). The molecule has 1 N–H and O–H groups in total. The van der Waals surface area contributed by atoms with Gasteiger partial charge in [0.15, 0.2) is 0 Å². The van der Waals surface area contributed by atoms with E-state index in [-0.39, 0.29) is 5.91 Å². The zero-order valence-electron chi connectivity index (χ0n) is 11.5. The Morgan fingerprint density at radius 3 is 2.68 bits per heavy atom. The lowest BCUT2D eigenvalue weighted by molar-refractivity contribution is 0.0950. The van der Waals surface area contributed by atoms with E-state index in [4.69, 9.17) is 0 Å². The lowest BCUT2D eigenvalue weighted by Gasteiger charge is -2.02. The first kappa shape index (κ1) is 14.4. The topological polar surface area (TPSA) is 54.4 Å². The summed E-state index contributed by atoms with van der Waals surface area (Å²) in [5.74, 6) is -0.339. The van der Waals surface area contributed by atoms with Gasteiger partial charge in [0.2, 0.25) is 0 Å². The van der Waals surface area contributed by atoms with Crippen LogP contribution in [0.25, 0.3) is 10.9 Å². The summed E-state index contributed by atoms with van der Waals surface area (Å²) in [6.07, 6.45) is 1.59. The predicted molar refractivity (Wildman–Crippen MR) is 90.9 cm³/mol. The molecule has 0 fully saturated rings. The highest BCUT2D eigenvalue weighted by molar-refractivity contribution is 9.10. The van der Waals surface area contributed by atoms with Crippen LogP contribution in [0, 0.1) is 0 Å². The molecule has 22 heavy (non-hydrogen) atoms. The van der Waals surface area contributed by atoms with Crippen molar-refractivity contribution in [1.29, 1.82) is 0 Å². The maximum Gasteiger partial charge on any atom is 0.289 e. The third kappa shape index (κ3) is 3.20. The van der Waals surface area contributed by atoms with Gasteiger partial charge in [-0.15, -0.1) is 0 Å². The van der Waals surface area contributed by atoms with Gasteiger partial charge in [-0.3, -0.25) is 4.79 Å². The highest BCUT2D eigenvalue weighted by atomic mass is 79.9. The fourth-order valence-corrected chi connectivity index (χ4v) is 2.38. The molecule has 0 radical (unpaired) electrons. The first-order valence-corrected chi connectivity index (χ1v) is 7.47. The molecule has 0 atom stereocenters. The molecule has 5 heteroatoms. The first-order chi connectivity index (χ1) is 10.7. The van der Waals surface area contributed by atoms with Crippen LogP contribution in [-0.2, 0) is 0 Å². The molecule has 4 nitrogen and oxygen atoms in total. The Morgan fingerprint density at radius 1 is 1.05 bits per heavy atom. The number of fused-ring (bicyclic) bond motifs is 1. The summed E-state index contributed by atoms with van der Waals surface area (Å²) in [7, 11) is 0. The summed E-state index contributed by atoms with van der Waals surface area (Å²) in [6.45, 7) is 0. The largest absolute Gasteiger partial charge is 0.289 e. The zero-order valence-corrected chi connectivity index (χ0v) is 13.1. The van der Waals surface area contributed by atoms with Crippen LogP contribution < -0.4 is 5.43 Å². The highest BCUT2D eigenvalue weighted by Crippen LogP contribution is 2.13. The van der Waals surface area contributed by atoms with Crippen LogP contribution >= 0.6 is 15.9 Å². The minimum Gasteiger partial charge on any atom is -0.266 e. The number of hydrogen-bond donors (Lipinski definition) is 1. The molecule has 1 amide bonds. The normalized spacial score (nSPS) is 11.0. The number of hydrogen-bond acceptors (Lipinski definition) is 3. The van der Waals surface area contributed by atoms with Gasteiger partial charge in [-0.05, 0) is 18.2 Å². The van der Waals surface area contributed by atoms with Crippen molar-refractivity contribution in [2.24, 2.45) is 5.10 Å². The Kier molecular flexibility index (Phi) is 4.25. The van der Waals surface area contributed by atoms with E-state index in [1.807, 2.05) is 54.6 Å². The zero-order chi connectivity index (χ0) is 15.4. The van der Waals surface area contributed by atoms with Gasteiger partial charge in [-0.1, -0.05) is 58.4 Å². The monoisotopic (exact) mass is 353 g/mol. The summed E-state index contributed by atoms with van der Waals surface area (Å²) in [5, 5.41) is 4.96. The van der Waals surface area contributed by atoms with E-state index in [0.717, 1.165) is 20.9 Å². The Balaban J connectivity index is 1.74. The quantitative estimate of drug-likeness (QED) is 0.575. The van der Waals surface area contributed by atoms with Crippen LogP contribution in [0.5, 0.6) is 0 Å². The number of halogens is 1. The number of benzene rings is 2. The van der Waals surface area contributed by atoms with Crippen LogP contribution in [0.2, 0.25) is 0 Å². The molecule has 2 aromatic carbocycles. The predicted octanol–water partition coefficient (Wildman–Crippen LogP) is 3.76. The summed E-state index contributed by atoms with van der Waals surface area (Å²) in [6, 6.07) is 18.8. The minimum atomic E-state index is -0.339. The number of carbonyl (C=O) groups is 1. The second kappa shape index (κ2) is 6.49. The Morgan fingerprint density at radius 2 is 1.82 bits per heavy atom. The number of aromatic nitrogens is 1. The van der Waals surface area contributed by atoms with Gasteiger partial charge < -0.3 is 0 Å². The molecule has 1 aromatic heterocycles. The summed E-state index contributed by atoms with van der Waals surface area (Å²) < 4.78 is 0.914. The molecule has 0 bridgehead atoms. The number of nitrogens with zero attached hydrogens (tertiary/aromatic N) is 2. The molecule has 0 saturated carbocycles. The molecular formula is C17H12BrN3O. The number of hydrazone groups is 1. The molecule has 0 saturated heterocycles.